The van der Waals surface area contributed by atoms with E-state index in [-0.39, 0.29) is 0 Å². The standard InChI is InChI=1S/C15H17F3N4OS/c1-23-10-13-19-14(24-20-13)22-7-5-21(6-8-22)12-4-2-3-11(9-12)15(16,17)18/h2-4,9H,5-8,10H2,1H3. The third kappa shape index (κ3) is 3.78. The van der Waals surface area contributed by atoms with Crippen molar-refractivity contribution in [3.05, 3.63) is 35.7 Å². The number of methoxy groups -OCH3 is 1. The molecule has 0 spiro atoms. The van der Waals surface area contributed by atoms with Crippen molar-refractivity contribution < 1.29 is 17.9 Å². The summed E-state index contributed by atoms with van der Waals surface area (Å²) in [7, 11) is 1.59. The molecule has 1 fully saturated rings. The lowest BCUT2D eigenvalue weighted by Crippen LogP contribution is -2.46. The highest BCUT2D eigenvalue weighted by Gasteiger charge is 2.31. The van der Waals surface area contributed by atoms with E-state index in [0.717, 1.165) is 11.2 Å². The number of piperazine rings is 1. The molecule has 5 nitrogen and oxygen atoms in total. The van der Waals surface area contributed by atoms with Gasteiger partial charge < -0.3 is 14.5 Å². The van der Waals surface area contributed by atoms with Crippen LogP contribution >= 0.6 is 11.5 Å². The van der Waals surface area contributed by atoms with E-state index in [1.807, 2.05) is 4.90 Å². The number of ether oxygens (including phenoxy) is 1. The van der Waals surface area contributed by atoms with Gasteiger partial charge in [-0.2, -0.15) is 17.5 Å². The maximum atomic E-state index is 12.8. The van der Waals surface area contributed by atoms with E-state index in [2.05, 4.69) is 14.3 Å². The molecule has 0 bridgehead atoms. The maximum Gasteiger partial charge on any atom is 0.416 e. The van der Waals surface area contributed by atoms with Crippen LogP contribution in [0.1, 0.15) is 11.4 Å². The summed E-state index contributed by atoms with van der Waals surface area (Å²) in [6.07, 6.45) is -4.32. The minimum atomic E-state index is -4.32. The third-order valence-corrected chi connectivity index (χ3v) is 4.63. The number of alkyl halides is 3. The molecule has 1 aliphatic heterocycles. The zero-order valence-electron chi connectivity index (χ0n) is 13.1. The molecular weight excluding hydrogens is 341 g/mol. The van der Waals surface area contributed by atoms with Gasteiger partial charge in [-0.15, -0.1) is 0 Å². The lowest BCUT2D eigenvalue weighted by atomic mass is 10.1. The van der Waals surface area contributed by atoms with Crippen molar-refractivity contribution in [3.8, 4) is 0 Å². The quantitative estimate of drug-likeness (QED) is 0.840. The molecule has 2 aromatic rings. The highest BCUT2D eigenvalue weighted by Crippen LogP contribution is 2.32. The molecule has 1 aliphatic rings. The molecule has 0 aliphatic carbocycles. The van der Waals surface area contributed by atoms with E-state index >= 15 is 0 Å². The Bertz CT molecular complexity index is 683. The van der Waals surface area contributed by atoms with Crippen molar-refractivity contribution in [2.75, 3.05) is 43.1 Å². The fourth-order valence-corrected chi connectivity index (χ4v) is 3.32. The molecule has 0 atom stereocenters. The summed E-state index contributed by atoms with van der Waals surface area (Å²) >= 11 is 1.32. The van der Waals surface area contributed by atoms with Crippen LogP contribution in [0.15, 0.2) is 24.3 Å². The van der Waals surface area contributed by atoms with Gasteiger partial charge in [-0.25, -0.2) is 4.98 Å². The van der Waals surface area contributed by atoms with Crippen molar-refractivity contribution in [1.29, 1.82) is 0 Å². The summed E-state index contributed by atoms with van der Waals surface area (Å²) in [5, 5.41) is 0.825. The Balaban J connectivity index is 1.64. The Morgan fingerprint density at radius 2 is 1.88 bits per heavy atom. The summed E-state index contributed by atoms with van der Waals surface area (Å²) in [5.74, 6) is 0.651. The highest BCUT2D eigenvalue weighted by molar-refractivity contribution is 7.09. The van der Waals surface area contributed by atoms with E-state index in [9.17, 15) is 13.2 Å². The minimum Gasteiger partial charge on any atom is -0.377 e. The molecule has 0 saturated carbocycles. The van der Waals surface area contributed by atoms with E-state index in [1.54, 1.807) is 13.2 Å². The molecule has 0 unspecified atom stereocenters. The molecule has 130 valence electrons. The van der Waals surface area contributed by atoms with Crippen molar-refractivity contribution in [3.63, 3.8) is 0 Å². The van der Waals surface area contributed by atoms with Gasteiger partial charge in [0, 0.05) is 50.5 Å². The van der Waals surface area contributed by atoms with Gasteiger partial charge in [0.05, 0.1) is 5.56 Å². The summed E-state index contributed by atoms with van der Waals surface area (Å²) in [4.78, 5) is 8.47. The second-order valence-corrected chi connectivity index (χ2v) is 6.18. The first-order chi connectivity index (χ1) is 11.5. The number of benzene rings is 1. The molecule has 3 rings (SSSR count). The Morgan fingerprint density at radius 3 is 2.54 bits per heavy atom. The summed E-state index contributed by atoms with van der Waals surface area (Å²) in [6, 6.07) is 5.47. The molecule has 0 N–H and O–H groups in total. The second kappa shape index (κ2) is 6.94. The van der Waals surface area contributed by atoms with Gasteiger partial charge in [-0.1, -0.05) is 6.07 Å². The average Bonchev–Trinajstić information content (AvgIpc) is 3.03. The highest BCUT2D eigenvalue weighted by atomic mass is 32.1. The number of anilines is 2. The lowest BCUT2D eigenvalue weighted by Gasteiger charge is -2.36. The van der Waals surface area contributed by atoms with Crippen LogP contribution in [0.5, 0.6) is 0 Å². The third-order valence-electron chi connectivity index (χ3n) is 3.82. The fraction of sp³-hybridized carbons (Fsp3) is 0.467. The van der Waals surface area contributed by atoms with Gasteiger partial charge in [-0.3, -0.25) is 0 Å². The zero-order valence-corrected chi connectivity index (χ0v) is 13.9. The zero-order chi connectivity index (χ0) is 17.2. The number of rotatable bonds is 4. The molecule has 24 heavy (non-hydrogen) atoms. The summed E-state index contributed by atoms with van der Waals surface area (Å²) in [5.41, 5.74) is -0.0161. The van der Waals surface area contributed by atoms with Gasteiger partial charge in [0.15, 0.2) is 5.82 Å². The molecule has 1 aromatic carbocycles. The molecule has 0 radical (unpaired) electrons. The predicted molar refractivity (Wildman–Crippen MR) is 86.5 cm³/mol. The van der Waals surface area contributed by atoms with Gasteiger partial charge in [-0.05, 0) is 18.2 Å². The SMILES string of the molecule is COCc1nsc(N2CCN(c3cccc(C(F)(F)F)c3)CC2)n1. The topological polar surface area (TPSA) is 41.5 Å². The van der Waals surface area contributed by atoms with E-state index in [1.165, 1.54) is 23.7 Å². The van der Waals surface area contributed by atoms with Crippen LogP contribution in [0.2, 0.25) is 0 Å². The van der Waals surface area contributed by atoms with Crippen LogP contribution in [-0.4, -0.2) is 42.6 Å². The molecular formula is C15H17F3N4OS. The van der Waals surface area contributed by atoms with Gasteiger partial charge in [0.2, 0.25) is 5.13 Å². The first-order valence-corrected chi connectivity index (χ1v) is 8.23. The van der Waals surface area contributed by atoms with Crippen LogP contribution in [0.4, 0.5) is 24.0 Å². The molecule has 2 heterocycles. The second-order valence-electron chi connectivity index (χ2n) is 5.45. The first-order valence-electron chi connectivity index (χ1n) is 7.46. The molecule has 1 aromatic heterocycles. The largest absolute Gasteiger partial charge is 0.416 e. The molecule has 0 amide bonds. The Hall–Kier alpha value is -1.87. The fourth-order valence-electron chi connectivity index (χ4n) is 2.60. The first kappa shape index (κ1) is 17.0. The molecule has 1 saturated heterocycles. The van der Waals surface area contributed by atoms with Crippen LogP contribution in [0.3, 0.4) is 0 Å². The minimum absolute atomic E-state index is 0.376. The predicted octanol–water partition coefficient (Wildman–Crippen LogP) is 3.03. The smallest absolute Gasteiger partial charge is 0.377 e. The van der Waals surface area contributed by atoms with Crippen LogP contribution in [0, 0.1) is 0 Å². The van der Waals surface area contributed by atoms with E-state index in [0.29, 0.717) is 44.3 Å². The number of aromatic nitrogens is 2. The monoisotopic (exact) mass is 358 g/mol. The number of halogens is 3. The lowest BCUT2D eigenvalue weighted by molar-refractivity contribution is -0.137. The number of hydrogen-bond donors (Lipinski definition) is 0. The van der Waals surface area contributed by atoms with Crippen LogP contribution < -0.4 is 9.80 Å². The van der Waals surface area contributed by atoms with Crippen molar-refractivity contribution in [1.82, 2.24) is 9.36 Å². The Labute approximate surface area is 141 Å². The Morgan fingerprint density at radius 1 is 1.17 bits per heavy atom. The maximum absolute atomic E-state index is 12.8. The van der Waals surface area contributed by atoms with Crippen molar-refractivity contribution >= 4 is 22.4 Å². The van der Waals surface area contributed by atoms with Gasteiger partial charge in [0.25, 0.3) is 0 Å². The normalized spacial score (nSPS) is 15.8. The summed E-state index contributed by atoms with van der Waals surface area (Å²) in [6.45, 7) is 3.04. The van der Waals surface area contributed by atoms with E-state index in [4.69, 9.17) is 4.74 Å². The van der Waals surface area contributed by atoms with E-state index < -0.39 is 11.7 Å². The van der Waals surface area contributed by atoms with Gasteiger partial charge >= 0.3 is 6.18 Å². The van der Waals surface area contributed by atoms with Gasteiger partial charge in [0.1, 0.15) is 6.61 Å². The van der Waals surface area contributed by atoms with Crippen molar-refractivity contribution in [2.45, 2.75) is 12.8 Å². The number of nitrogens with zero attached hydrogens (tertiary/aromatic N) is 4. The summed E-state index contributed by atoms with van der Waals surface area (Å²) < 4.78 is 47.7. The van der Waals surface area contributed by atoms with Crippen LogP contribution in [-0.2, 0) is 17.5 Å². The van der Waals surface area contributed by atoms with Crippen LogP contribution in [0.25, 0.3) is 0 Å². The average molecular weight is 358 g/mol. The van der Waals surface area contributed by atoms with Crippen molar-refractivity contribution in [2.24, 2.45) is 0 Å². The Kier molecular flexibility index (Phi) is 4.91. The number of hydrogen-bond acceptors (Lipinski definition) is 6. The molecule has 9 heteroatoms.